The molecular formula is C14H16N6O2S. The molecule has 0 atom stereocenters. The van der Waals surface area contributed by atoms with Crippen LogP contribution in [-0.2, 0) is 16.6 Å². The van der Waals surface area contributed by atoms with E-state index in [1.807, 2.05) is 12.1 Å². The number of carbonyl (C=O) groups excluding carboxylic acids is 2. The minimum Gasteiger partial charge on any atom is -0.325 e. The molecule has 1 fully saturated rings. The van der Waals surface area contributed by atoms with Gasteiger partial charge < -0.3 is 10.2 Å². The zero-order valence-corrected chi connectivity index (χ0v) is 13.4. The highest BCUT2D eigenvalue weighted by Crippen LogP contribution is 2.23. The van der Waals surface area contributed by atoms with Gasteiger partial charge in [-0.2, -0.15) is 0 Å². The monoisotopic (exact) mass is 332 g/mol. The average molecular weight is 332 g/mol. The van der Waals surface area contributed by atoms with Crippen molar-refractivity contribution < 1.29 is 9.59 Å². The van der Waals surface area contributed by atoms with E-state index in [4.69, 9.17) is 0 Å². The summed E-state index contributed by atoms with van der Waals surface area (Å²) in [5, 5.41) is 14.4. The van der Waals surface area contributed by atoms with Crippen LogP contribution in [0.1, 0.15) is 12.8 Å². The molecule has 2 heterocycles. The van der Waals surface area contributed by atoms with Gasteiger partial charge in [0.15, 0.2) is 0 Å². The SMILES string of the molecule is Cn1nnnc1SCC(=O)Nc1ccc(N2CCCC2=O)cc1. The lowest BCUT2D eigenvalue weighted by Crippen LogP contribution is -2.23. The molecule has 1 N–H and O–H groups in total. The normalized spacial score (nSPS) is 14.3. The van der Waals surface area contributed by atoms with E-state index in [9.17, 15) is 9.59 Å². The summed E-state index contributed by atoms with van der Waals surface area (Å²) in [6, 6.07) is 7.29. The number of hydrogen-bond donors (Lipinski definition) is 1. The molecule has 0 saturated carbocycles. The van der Waals surface area contributed by atoms with Crippen LogP contribution in [0.3, 0.4) is 0 Å². The Morgan fingerprint density at radius 2 is 2.13 bits per heavy atom. The number of anilines is 2. The van der Waals surface area contributed by atoms with Crippen molar-refractivity contribution in [1.29, 1.82) is 0 Å². The predicted molar refractivity (Wildman–Crippen MR) is 86.2 cm³/mol. The van der Waals surface area contributed by atoms with Crippen LogP contribution in [0, 0.1) is 0 Å². The molecule has 1 aromatic carbocycles. The first-order valence-corrected chi connectivity index (χ1v) is 8.17. The molecule has 0 radical (unpaired) electrons. The fraction of sp³-hybridized carbons (Fsp3) is 0.357. The Hall–Kier alpha value is -2.42. The third-order valence-electron chi connectivity index (χ3n) is 3.45. The maximum absolute atomic E-state index is 11.9. The van der Waals surface area contributed by atoms with Crippen molar-refractivity contribution >= 4 is 35.0 Å². The van der Waals surface area contributed by atoms with Crippen molar-refractivity contribution in [2.45, 2.75) is 18.0 Å². The second-order valence-corrected chi connectivity index (χ2v) is 6.06. The summed E-state index contributed by atoms with van der Waals surface area (Å²) in [5.74, 6) is 0.235. The van der Waals surface area contributed by atoms with Crippen molar-refractivity contribution in [3.63, 3.8) is 0 Å². The van der Waals surface area contributed by atoms with Crippen LogP contribution in [0.4, 0.5) is 11.4 Å². The Labute approximate surface area is 137 Å². The van der Waals surface area contributed by atoms with E-state index in [2.05, 4.69) is 20.8 Å². The second kappa shape index (κ2) is 6.78. The molecule has 0 aliphatic carbocycles. The molecule has 1 saturated heterocycles. The lowest BCUT2D eigenvalue weighted by atomic mass is 10.2. The fourth-order valence-corrected chi connectivity index (χ4v) is 2.97. The number of thioether (sulfide) groups is 1. The maximum atomic E-state index is 11.9. The molecular weight excluding hydrogens is 316 g/mol. The highest BCUT2D eigenvalue weighted by atomic mass is 32.2. The molecule has 8 nitrogen and oxygen atoms in total. The molecule has 1 aromatic heterocycles. The summed E-state index contributed by atoms with van der Waals surface area (Å²) in [6.45, 7) is 0.757. The summed E-state index contributed by atoms with van der Waals surface area (Å²) in [6.07, 6.45) is 1.50. The Morgan fingerprint density at radius 3 is 2.74 bits per heavy atom. The molecule has 2 amide bonds. The van der Waals surface area contributed by atoms with Gasteiger partial charge in [0.1, 0.15) is 0 Å². The highest BCUT2D eigenvalue weighted by Gasteiger charge is 2.21. The molecule has 2 aromatic rings. The van der Waals surface area contributed by atoms with E-state index in [0.29, 0.717) is 17.3 Å². The molecule has 3 rings (SSSR count). The molecule has 0 bridgehead atoms. The largest absolute Gasteiger partial charge is 0.325 e. The summed E-state index contributed by atoms with van der Waals surface area (Å²) in [5.41, 5.74) is 1.56. The third-order valence-corrected chi connectivity index (χ3v) is 4.46. The van der Waals surface area contributed by atoms with E-state index < -0.39 is 0 Å². The molecule has 9 heteroatoms. The molecule has 0 spiro atoms. The number of benzene rings is 1. The van der Waals surface area contributed by atoms with Gasteiger partial charge in [0.25, 0.3) is 0 Å². The van der Waals surface area contributed by atoms with E-state index in [0.717, 1.165) is 18.7 Å². The number of nitrogens with one attached hydrogen (secondary N) is 1. The van der Waals surface area contributed by atoms with Crippen LogP contribution in [0.15, 0.2) is 29.4 Å². The summed E-state index contributed by atoms with van der Waals surface area (Å²) < 4.78 is 1.51. The van der Waals surface area contributed by atoms with Crippen molar-refractivity contribution in [1.82, 2.24) is 20.2 Å². The summed E-state index contributed by atoms with van der Waals surface area (Å²) in [7, 11) is 1.72. The zero-order chi connectivity index (χ0) is 16.2. The van der Waals surface area contributed by atoms with Gasteiger partial charge >= 0.3 is 0 Å². The molecule has 0 unspecified atom stereocenters. The first-order valence-electron chi connectivity index (χ1n) is 7.19. The molecule has 1 aliphatic heterocycles. The van der Waals surface area contributed by atoms with Crippen molar-refractivity contribution in [2.24, 2.45) is 7.05 Å². The van der Waals surface area contributed by atoms with Gasteiger partial charge in [-0.15, -0.1) is 5.10 Å². The number of amides is 2. The Bertz CT molecular complexity index is 714. The smallest absolute Gasteiger partial charge is 0.234 e. The van der Waals surface area contributed by atoms with Crippen LogP contribution in [0.25, 0.3) is 0 Å². The number of hydrogen-bond acceptors (Lipinski definition) is 6. The topological polar surface area (TPSA) is 93.0 Å². The lowest BCUT2D eigenvalue weighted by Gasteiger charge is -2.16. The summed E-state index contributed by atoms with van der Waals surface area (Å²) in [4.78, 5) is 25.4. The number of nitrogens with zero attached hydrogens (tertiary/aromatic N) is 5. The predicted octanol–water partition coefficient (Wildman–Crippen LogP) is 1.07. The van der Waals surface area contributed by atoms with Gasteiger partial charge in [-0.25, -0.2) is 4.68 Å². The van der Waals surface area contributed by atoms with Crippen molar-refractivity contribution in [3.8, 4) is 0 Å². The Morgan fingerprint density at radius 1 is 1.35 bits per heavy atom. The van der Waals surface area contributed by atoms with Crippen molar-refractivity contribution in [3.05, 3.63) is 24.3 Å². The number of carbonyl (C=O) groups is 2. The van der Waals surface area contributed by atoms with Crippen LogP contribution in [-0.4, -0.2) is 44.3 Å². The summed E-state index contributed by atoms with van der Waals surface area (Å²) >= 11 is 1.27. The average Bonchev–Trinajstić information content (AvgIpc) is 3.14. The first-order chi connectivity index (χ1) is 11.1. The van der Waals surface area contributed by atoms with Crippen molar-refractivity contribution in [2.75, 3.05) is 22.5 Å². The fourth-order valence-electron chi connectivity index (χ4n) is 2.32. The highest BCUT2D eigenvalue weighted by molar-refractivity contribution is 7.99. The number of aryl methyl sites for hydroxylation is 1. The van der Waals surface area contributed by atoms with E-state index in [1.165, 1.54) is 16.4 Å². The van der Waals surface area contributed by atoms with Gasteiger partial charge in [-0.3, -0.25) is 9.59 Å². The first kappa shape index (κ1) is 15.5. The number of tetrazole rings is 1. The lowest BCUT2D eigenvalue weighted by molar-refractivity contribution is -0.117. The third kappa shape index (κ3) is 3.67. The minimum absolute atomic E-state index is 0.136. The van der Waals surface area contributed by atoms with Gasteiger partial charge in [-0.05, 0) is 41.1 Å². The molecule has 120 valence electrons. The molecule has 23 heavy (non-hydrogen) atoms. The van der Waals surface area contributed by atoms with Crippen LogP contribution in [0.2, 0.25) is 0 Å². The standard InChI is InChI=1S/C14H16N6O2S/c1-19-14(16-17-18-19)23-9-12(21)15-10-4-6-11(7-5-10)20-8-2-3-13(20)22/h4-7H,2-3,8-9H2,1H3,(H,15,21). The zero-order valence-electron chi connectivity index (χ0n) is 12.6. The second-order valence-electron chi connectivity index (χ2n) is 5.12. The van der Waals surface area contributed by atoms with Crippen LogP contribution >= 0.6 is 11.8 Å². The van der Waals surface area contributed by atoms with E-state index in [1.54, 1.807) is 24.1 Å². The minimum atomic E-state index is -0.136. The number of aromatic nitrogens is 4. The van der Waals surface area contributed by atoms with Crippen LogP contribution in [0.5, 0.6) is 0 Å². The Balaban J connectivity index is 1.54. The quantitative estimate of drug-likeness (QED) is 0.823. The molecule has 1 aliphatic rings. The van der Waals surface area contributed by atoms with Gasteiger partial charge in [0, 0.05) is 31.4 Å². The number of rotatable bonds is 5. The Kier molecular flexibility index (Phi) is 4.56. The van der Waals surface area contributed by atoms with E-state index >= 15 is 0 Å². The van der Waals surface area contributed by atoms with Gasteiger partial charge in [0.2, 0.25) is 17.0 Å². The maximum Gasteiger partial charge on any atom is 0.234 e. The van der Waals surface area contributed by atoms with Gasteiger partial charge in [0.05, 0.1) is 5.75 Å². The van der Waals surface area contributed by atoms with Gasteiger partial charge in [-0.1, -0.05) is 11.8 Å². The van der Waals surface area contributed by atoms with Crippen LogP contribution < -0.4 is 10.2 Å². The van der Waals surface area contributed by atoms with E-state index in [-0.39, 0.29) is 17.6 Å².